The molecule has 0 saturated carbocycles. The van der Waals surface area contributed by atoms with E-state index >= 15 is 0 Å². The van der Waals surface area contributed by atoms with Crippen LogP contribution in [0.15, 0.2) is 39.3 Å². The molecule has 0 heterocycles. The minimum atomic E-state index is -0.561. The number of carbonyl (C=O) groups excluding carboxylic acids is 1. The van der Waals surface area contributed by atoms with E-state index in [4.69, 9.17) is 16.3 Å². The number of ether oxygens (including phenoxy) is 1. The lowest BCUT2D eigenvalue weighted by molar-refractivity contribution is -0.384. The normalized spacial score (nSPS) is 10.3. The van der Waals surface area contributed by atoms with Crippen molar-refractivity contribution in [2.24, 2.45) is 0 Å². The van der Waals surface area contributed by atoms with Gasteiger partial charge in [-0.1, -0.05) is 11.6 Å². The highest BCUT2D eigenvalue weighted by molar-refractivity contribution is 9.11. The monoisotopic (exact) mass is 476 g/mol. The third-order valence-corrected chi connectivity index (χ3v) is 4.48. The van der Waals surface area contributed by atoms with E-state index < -0.39 is 10.8 Å². The largest absolute Gasteiger partial charge is 0.482 e. The van der Waals surface area contributed by atoms with Gasteiger partial charge in [0.15, 0.2) is 6.61 Å². The highest BCUT2D eigenvalue weighted by atomic mass is 79.9. The Morgan fingerprint density at radius 3 is 2.46 bits per heavy atom. The topological polar surface area (TPSA) is 81.5 Å². The van der Waals surface area contributed by atoms with Crippen LogP contribution in [0.4, 0.5) is 11.4 Å². The first-order valence-electron chi connectivity index (χ1n) is 6.60. The molecule has 0 bridgehead atoms. The molecule has 0 aliphatic heterocycles. The summed E-state index contributed by atoms with van der Waals surface area (Å²) in [6.45, 7) is 1.64. The van der Waals surface area contributed by atoms with E-state index in [1.807, 2.05) is 19.1 Å². The van der Waals surface area contributed by atoms with Gasteiger partial charge < -0.3 is 10.1 Å². The van der Waals surface area contributed by atoms with Crippen LogP contribution in [0, 0.1) is 17.0 Å². The van der Waals surface area contributed by atoms with Crippen molar-refractivity contribution in [1.29, 1.82) is 0 Å². The van der Waals surface area contributed by atoms with E-state index in [0.717, 1.165) is 14.5 Å². The van der Waals surface area contributed by atoms with Gasteiger partial charge in [-0.15, -0.1) is 0 Å². The molecule has 0 radical (unpaired) electrons. The summed E-state index contributed by atoms with van der Waals surface area (Å²) in [7, 11) is 0. The first-order chi connectivity index (χ1) is 11.3. The number of nitro benzene ring substituents is 1. The summed E-state index contributed by atoms with van der Waals surface area (Å²) in [4.78, 5) is 22.1. The van der Waals surface area contributed by atoms with Crippen molar-refractivity contribution in [2.45, 2.75) is 6.92 Å². The molecular formula is C15H11Br2ClN2O4. The molecule has 0 aliphatic carbocycles. The Morgan fingerprint density at radius 1 is 1.29 bits per heavy atom. The fraction of sp³-hybridized carbons (Fsp3) is 0.133. The number of amides is 1. The number of nitro groups is 1. The second-order valence-corrected chi connectivity index (χ2v) is 6.93. The van der Waals surface area contributed by atoms with Crippen LogP contribution in [-0.4, -0.2) is 17.4 Å². The Balaban J connectivity index is 2.03. The van der Waals surface area contributed by atoms with Gasteiger partial charge in [0, 0.05) is 21.1 Å². The highest BCUT2D eigenvalue weighted by Gasteiger charge is 2.13. The average molecular weight is 479 g/mol. The molecule has 2 rings (SSSR count). The third kappa shape index (κ3) is 4.68. The second kappa shape index (κ2) is 7.96. The Labute approximate surface area is 159 Å². The van der Waals surface area contributed by atoms with Crippen molar-refractivity contribution in [2.75, 3.05) is 11.9 Å². The molecule has 0 unspecified atom stereocenters. The number of non-ortho nitro benzene ring substituents is 1. The van der Waals surface area contributed by atoms with Crippen molar-refractivity contribution in [3.8, 4) is 5.75 Å². The van der Waals surface area contributed by atoms with Crippen LogP contribution in [-0.2, 0) is 4.79 Å². The van der Waals surface area contributed by atoms with E-state index in [0.29, 0.717) is 5.69 Å². The standard InChI is InChI=1S/C15H11Br2ClN2O4/c1-8-4-10(16)15(11(17)5-8)19-14(21)7-24-13-3-2-9(20(22)23)6-12(13)18/h2-6H,7H2,1H3,(H,19,21). The van der Waals surface area contributed by atoms with Crippen molar-refractivity contribution >= 4 is 60.7 Å². The van der Waals surface area contributed by atoms with Gasteiger partial charge in [-0.05, 0) is 62.5 Å². The average Bonchev–Trinajstić information content (AvgIpc) is 2.49. The Kier molecular flexibility index (Phi) is 6.20. The molecule has 126 valence electrons. The predicted octanol–water partition coefficient (Wildman–Crippen LogP) is 5.10. The third-order valence-electron chi connectivity index (χ3n) is 2.94. The fourth-order valence-electron chi connectivity index (χ4n) is 1.86. The lowest BCUT2D eigenvalue weighted by Crippen LogP contribution is -2.20. The molecule has 0 fully saturated rings. The molecule has 9 heteroatoms. The van der Waals surface area contributed by atoms with Crippen LogP contribution in [0.2, 0.25) is 5.02 Å². The van der Waals surface area contributed by atoms with E-state index in [1.54, 1.807) is 0 Å². The summed E-state index contributed by atoms with van der Waals surface area (Å²) in [5, 5.41) is 13.4. The minimum absolute atomic E-state index is 0.0645. The van der Waals surface area contributed by atoms with Gasteiger partial charge in [0.1, 0.15) is 5.75 Å². The summed E-state index contributed by atoms with van der Waals surface area (Å²) in [5.74, 6) is -0.200. The molecule has 2 aromatic rings. The summed E-state index contributed by atoms with van der Waals surface area (Å²) in [5.41, 5.74) is 1.47. The number of nitrogens with zero attached hydrogens (tertiary/aromatic N) is 1. The van der Waals surface area contributed by atoms with Gasteiger partial charge in [-0.25, -0.2) is 0 Å². The number of carbonyl (C=O) groups is 1. The summed E-state index contributed by atoms with van der Waals surface area (Å²) < 4.78 is 6.78. The molecule has 0 saturated heterocycles. The van der Waals surface area contributed by atoms with Gasteiger partial charge in [0.25, 0.3) is 11.6 Å². The molecule has 1 N–H and O–H groups in total. The van der Waals surface area contributed by atoms with E-state index in [2.05, 4.69) is 37.2 Å². The van der Waals surface area contributed by atoms with Crippen molar-refractivity contribution in [3.63, 3.8) is 0 Å². The first kappa shape index (κ1) is 18.7. The van der Waals surface area contributed by atoms with E-state index in [1.165, 1.54) is 18.2 Å². The van der Waals surface area contributed by atoms with Crippen molar-refractivity contribution in [3.05, 3.63) is 60.0 Å². The summed E-state index contributed by atoms with van der Waals surface area (Å²) >= 11 is 12.7. The molecular weight excluding hydrogens is 467 g/mol. The van der Waals surface area contributed by atoms with E-state index in [-0.39, 0.29) is 23.1 Å². The van der Waals surface area contributed by atoms with Gasteiger partial charge >= 0.3 is 0 Å². The molecule has 0 aromatic heterocycles. The van der Waals surface area contributed by atoms with Crippen LogP contribution >= 0.6 is 43.5 Å². The number of anilines is 1. The molecule has 0 spiro atoms. The number of hydrogen-bond acceptors (Lipinski definition) is 4. The SMILES string of the molecule is Cc1cc(Br)c(NC(=O)COc2ccc([N+](=O)[O-])cc2Cl)c(Br)c1. The fourth-order valence-corrected chi connectivity index (χ4v) is 3.70. The van der Waals surface area contributed by atoms with Gasteiger partial charge in [0.2, 0.25) is 0 Å². The zero-order chi connectivity index (χ0) is 17.9. The predicted molar refractivity (Wildman–Crippen MR) is 98.8 cm³/mol. The van der Waals surface area contributed by atoms with Crippen LogP contribution in [0.25, 0.3) is 0 Å². The lowest BCUT2D eigenvalue weighted by atomic mass is 10.2. The molecule has 0 atom stereocenters. The number of halogens is 3. The van der Waals surface area contributed by atoms with Crippen LogP contribution in [0.1, 0.15) is 5.56 Å². The number of nitrogens with one attached hydrogen (secondary N) is 1. The van der Waals surface area contributed by atoms with Crippen LogP contribution < -0.4 is 10.1 Å². The first-order valence-corrected chi connectivity index (χ1v) is 8.56. The smallest absolute Gasteiger partial charge is 0.271 e. The van der Waals surface area contributed by atoms with Crippen molar-refractivity contribution < 1.29 is 14.5 Å². The maximum Gasteiger partial charge on any atom is 0.271 e. The molecule has 6 nitrogen and oxygen atoms in total. The maximum absolute atomic E-state index is 12.0. The molecule has 0 aliphatic rings. The number of rotatable bonds is 5. The zero-order valence-corrected chi connectivity index (χ0v) is 16.2. The number of benzene rings is 2. The lowest BCUT2D eigenvalue weighted by Gasteiger charge is -2.12. The second-order valence-electron chi connectivity index (χ2n) is 4.81. The summed E-state index contributed by atoms with van der Waals surface area (Å²) in [6.07, 6.45) is 0. The maximum atomic E-state index is 12.0. The van der Waals surface area contributed by atoms with Gasteiger partial charge in [0.05, 0.1) is 15.6 Å². The molecule has 24 heavy (non-hydrogen) atoms. The Bertz CT molecular complexity index is 791. The zero-order valence-electron chi connectivity index (χ0n) is 12.3. The van der Waals surface area contributed by atoms with Crippen LogP contribution in [0.5, 0.6) is 5.75 Å². The van der Waals surface area contributed by atoms with Crippen molar-refractivity contribution in [1.82, 2.24) is 0 Å². The number of aryl methyl sites for hydroxylation is 1. The van der Waals surface area contributed by atoms with Gasteiger partial charge in [-0.3, -0.25) is 14.9 Å². The Morgan fingerprint density at radius 2 is 1.92 bits per heavy atom. The molecule has 2 aromatic carbocycles. The number of hydrogen-bond donors (Lipinski definition) is 1. The Hall–Kier alpha value is -1.64. The van der Waals surface area contributed by atoms with E-state index in [9.17, 15) is 14.9 Å². The quantitative estimate of drug-likeness (QED) is 0.479. The minimum Gasteiger partial charge on any atom is -0.482 e. The van der Waals surface area contributed by atoms with Gasteiger partial charge in [-0.2, -0.15) is 0 Å². The molecule has 1 amide bonds. The van der Waals surface area contributed by atoms with Crippen LogP contribution in [0.3, 0.4) is 0 Å². The summed E-state index contributed by atoms with van der Waals surface area (Å²) in [6, 6.07) is 7.52. The highest BCUT2D eigenvalue weighted by Crippen LogP contribution is 2.32.